The van der Waals surface area contributed by atoms with Crippen molar-refractivity contribution in [2.24, 2.45) is 17.8 Å². The molecule has 0 saturated heterocycles. The summed E-state index contributed by atoms with van der Waals surface area (Å²) in [4.78, 5) is 24.2. The van der Waals surface area contributed by atoms with Gasteiger partial charge in [-0.2, -0.15) is 0 Å². The molecule has 0 aromatic heterocycles. The molecule has 0 aliphatic heterocycles. The van der Waals surface area contributed by atoms with Gasteiger partial charge in [-0.25, -0.2) is 4.79 Å². The molecule has 2 aliphatic carbocycles. The molecular weight excluding hydrogens is 266 g/mol. The standard InChI is InChI=1S/C17H21NO3/c1-21-17(20)15(7-11-5-3-2-4-6-11)18-16(19)14-9-12-8-13(12)10-14/h2-6,12-15H,7-10H2,1H3,(H,18,19). The Kier molecular flexibility index (Phi) is 3.95. The number of fused-ring (bicyclic) bond motifs is 1. The maximum Gasteiger partial charge on any atom is 0.328 e. The van der Waals surface area contributed by atoms with Gasteiger partial charge in [0.25, 0.3) is 0 Å². The molecule has 4 nitrogen and oxygen atoms in total. The van der Waals surface area contributed by atoms with E-state index in [4.69, 9.17) is 4.74 Å². The molecule has 3 unspecified atom stereocenters. The molecule has 2 fully saturated rings. The lowest BCUT2D eigenvalue weighted by molar-refractivity contribution is -0.145. The van der Waals surface area contributed by atoms with Crippen LogP contribution >= 0.6 is 0 Å². The fourth-order valence-corrected chi connectivity index (χ4v) is 3.40. The molecule has 3 atom stereocenters. The highest BCUT2D eigenvalue weighted by atomic mass is 16.5. The van der Waals surface area contributed by atoms with Crippen LogP contribution in [0.2, 0.25) is 0 Å². The normalized spacial score (nSPS) is 27.6. The Hall–Kier alpha value is -1.84. The summed E-state index contributed by atoms with van der Waals surface area (Å²) < 4.78 is 4.82. The lowest BCUT2D eigenvalue weighted by Crippen LogP contribution is -2.45. The Morgan fingerprint density at radius 3 is 2.48 bits per heavy atom. The predicted molar refractivity (Wildman–Crippen MR) is 78.4 cm³/mol. The van der Waals surface area contributed by atoms with Gasteiger partial charge < -0.3 is 10.1 Å². The van der Waals surface area contributed by atoms with E-state index in [0.717, 1.165) is 30.2 Å². The second-order valence-electron chi connectivity index (χ2n) is 6.20. The molecule has 1 N–H and O–H groups in total. The van der Waals surface area contributed by atoms with Crippen molar-refractivity contribution in [3.63, 3.8) is 0 Å². The summed E-state index contributed by atoms with van der Waals surface area (Å²) in [5, 5.41) is 2.89. The van der Waals surface area contributed by atoms with Crippen LogP contribution in [0, 0.1) is 17.8 Å². The Morgan fingerprint density at radius 2 is 1.86 bits per heavy atom. The van der Waals surface area contributed by atoms with E-state index >= 15 is 0 Å². The fourth-order valence-electron chi connectivity index (χ4n) is 3.40. The number of hydrogen-bond acceptors (Lipinski definition) is 3. The number of rotatable bonds is 5. The number of nitrogens with one attached hydrogen (secondary N) is 1. The third-order valence-corrected chi connectivity index (χ3v) is 4.70. The summed E-state index contributed by atoms with van der Waals surface area (Å²) in [5.41, 5.74) is 1.02. The summed E-state index contributed by atoms with van der Waals surface area (Å²) in [6.45, 7) is 0. The average Bonchev–Trinajstić information content (AvgIpc) is 3.12. The Bertz CT molecular complexity index is 518. The van der Waals surface area contributed by atoms with E-state index in [0.29, 0.717) is 6.42 Å². The summed E-state index contributed by atoms with van der Waals surface area (Å²) >= 11 is 0. The van der Waals surface area contributed by atoms with E-state index < -0.39 is 6.04 Å². The maximum atomic E-state index is 12.3. The van der Waals surface area contributed by atoms with Crippen LogP contribution in [0.1, 0.15) is 24.8 Å². The molecule has 0 heterocycles. The van der Waals surface area contributed by atoms with Crippen LogP contribution in [-0.2, 0) is 20.7 Å². The van der Waals surface area contributed by atoms with E-state index in [1.807, 2.05) is 30.3 Å². The second kappa shape index (κ2) is 5.88. The third kappa shape index (κ3) is 3.26. The average molecular weight is 287 g/mol. The SMILES string of the molecule is COC(=O)C(Cc1ccccc1)NC(=O)C1CC2CC2C1. The quantitative estimate of drug-likeness (QED) is 0.842. The van der Waals surface area contributed by atoms with Gasteiger partial charge in [-0.1, -0.05) is 30.3 Å². The first-order valence-corrected chi connectivity index (χ1v) is 7.59. The minimum atomic E-state index is -0.596. The number of esters is 1. The first kappa shape index (κ1) is 14.1. The van der Waals surface area contributed by atoms with Crippen LogP contribution in [0.15, 0.2) is 30.3 Å². The number of ether oxygens (including phenoxy) is 1. The van der Waals surface area contributed by atoms with Crippen molar-refractivity contribution in [3.8, 4) is 0 Å². The third-order valence-electron chi connectivity index (χ3n) is 4.70. The Balaban J connectivity index is 1.62. The molecule has 1 aromatic carbocycles. The van der Waals surface area contributed by atoms with Gasteiger partial charge in [0.2, 0.25) is 5.91 Å². The maximum absolute atomic E-state index is 12.3. The summed E-state index contributed by atoms with van der Waals surface area (Å²) in [6, 6.07) is 9.09. The fraction of sp³-hybridized carbons (Fsp3) is 0.529. The summed E-state index contributed by atoms with van der Waals surface area (Å²) in [7, 11) is 1.36. The first-order chi connectivity index (χ1) is 10.2. The zero-order chi connectivity index (χ0) is 14.8. The molecule has 2 aliphatic rings. The van der Waals surface area contributed by atoms with Gasteiger partial charge in [-0.3, -0.25) is 4.79 Å². The van der Waals surface area contributed by atoms with Gasteiger partial charge in [-0.15, -0.1) is 0 Å². The highest BCUT2D eigenvalue weighted by Crippen LogP contribution is 2.54. The van der Waals surface area contributed by atoms with Crippen LogP contribution in [-0.4, -0.2) is 25.0 Å². The smallest absolute Gasteiger partial charge is 0.328 e. The van der Waals surface area contributed by atoms with Gasteiger partial charge in [0.05, 0.1) is 7.11 Å². The zero-order valence-corrected chi connectivity index (χ0v) is 12.2. The lowest BCUT2D eigenvalue weighted by atomic mass is 10.0. The van der Waals surface area contributed by atoms with Gasteiger partial charge in [0, 0.05) is 12.3 Å². The van der Waals surface area contributed by atoms with Gasteiger partial charge in [0.15, 0.2) is 0 Å². The van der Waals surface area contributed by atoms with Crippen LogP contribution < -0.4 is 5.32 Å². The molecule has 2 saturated carbocycles. The van der Waals surface area contributed by atoms with Crippen molar-refractivity contribution in [1.82, 2.24) is 5.32 Å². The van der Waals surface area contributed by atoms with E-state index in [9.17, 15) is 9.59 Å². The molecule has 3 rings (SSSR count). The number of hydrogen-bond donors (Lipinski definition) is 1. The first-order valence-electron chi connectivity index (χ1n) is 7.59. The molecular formula is C17H21NO3. The van der Waals surface area contributed by atoms with Crippen LogP contribution in [0.3, 0.4) is 0 Å². The van der Waals surface area contributed by atoms with Gasteiger partial charge in [-0.05, 0) is 36.7 Å². The zero-order valence-electron chi connectivity index (χ0n) is 12.2. The topological polar surface area (TPSA) is 55.4 Å². The molecule has 21 heavy (non-hydrogen) atoms. The highest BCUT2D eigenvalue weighted by Gasteiger charge is 2.48. The molecule has 1 amide bonds. The molecule has 112 valence electrons. The van der Waals surface area contributed by atoms with Crippen molar-refractivity contribution in [2.45, 2.75) is 31.7 Å². The van der Waals surface area contributed by atoms with Crippen molar-refractivity contribution in [2.75, 3.05) is 7.11 Å². The molecule has 0 radical (unpaired) electrons. The summed E-state index contributed by atoms with van der Waals surface area (Å²) in [6.07, 6.45) is 3.72. The number of amides is 1. The van der Waals surface area contributed by atoms with Crippen LogP contribution in [0.4, 0.5) is 0 Å². The Morgan fingerprint density at radius 1 is 1.19 bits per heavy atom. The summed E-state index contributed by atoms with van der Waals surface area (Å²) in [5.74, 6) is 1.22. The van der Waals surface area contributed by atoms with E-state index in [2.05, 4.69) is 5.32 Å². The molecule has 0 spiro atoms. The predicted octanol–water partition coefficient (Wildman–Crippen LogP) is 1.93. The number of carbonyl (C=O) groups is 2. The lowest BCUT2D eigenvalue weighted by Gasteiger charge is -2.19. The van der Waals surface area contributed by atoms with Gasteiger partial charge >= 0.3 is 5.97 Å². The second-order valence-corrected chi connectivity index (χ2v) is 6.20. The van der Waals surface area contributed by atoms with Crippen LogP contribution in [0.25, 0.3) is 0 Å². The van der Waals surface area contributed by atoms with E-state index in [1.165, 1.54) is 13.5 Å². The number of benzene rings is 1. The highest BCUT2D eigenvalue weighted by molar-refractivity contribution is 5.86. The number of carbonyl (C=O) groups excluding carboxylic acids is 2. The van der Waals surface area contributed by atoms with Crippen molar-refractivity contribution in [3.05, 3.63) is 35.9 Å². The molecule has 1 aromatic rings. The number of methoxy groups -OCH3 is 1. The van der Waals surface area contributed by atoms with E-state index in [-0.39, 0.29) is 17.8 Å². The van der Waals surface area contributed by atoms with Crippen LogP contribution in [0.5, 0.6) is 0 Å². The van der Waals surface area contributed by atoms with Gasteiger partial charge in [0.1, 0.15) is 6.04 Å². The largest absolute Gasteiger partial charge is 0.467 e. The minimum Gasteiger partial charge on any atom is -0.467 e. The van der Waals surface area contributed by atoms with Crippen molar-refractivity contribution < 1.29 is 14.3 Å². The monoisotopic (exact) mass is 287 g/mol. The van der Waals surface area contributed by atoms with Crippen molar-refractivity contribution >= 4 is 11.9 Å². The Labute approximate surface area is 124 Å². The van der Waals surface area contributed by atoms with E-state index in [1.54, 1.807) is 0 Å². The molecule has 4 heteroatoms. The van der Waals surface area contributed by atoms with Crippen molar-refractivity contribution in [1.29, 1.82) is 0 Å². The molecule has 0 bridgehead atoms. The minimum absolute atomic E-state index is 0.00790.